The molecule has 0 spiro atoms. The van der Waals surface area contributed by atoms with Crippen LogP contribution in [0.5, 0.6) is 0 Å². The molecule has 0 radical (unpaired) electrons. The first-order chi connectivity index (χ1) is 7.11. The summed E-state index contributed by atoms with van der Waals surface area (Å²) in [5, 5.41) is 3.57. The van der Waals surface area contributed by atoms with E-state index in [1.165, 1.54) is 12.8 Å². The summed E-state index contributed by atoms with van der Waals surface area (Å²) in [5.74, 6) is 1.33. The minimum absolute atomic E-state index is 0.522. The van der Waals surface area contributed by atoms with Crippen molar-refractivity contribution in [3.63, 3.8) is 0 Å². The second kappa shape index (κ2) is 9.17. The van der Waals surface area contributed by atoms with Gasteiger partial charge in [0.1, 0.15) is 0 Å². The molecule has 2 atom stereocenters. The predicted molar refractivity (Wildman–Crippen MR) is 67.2 cm³/mol. The van der Waals surface area contributed by atoms with E-state index in [-0.39, 0.29) is 0 Å². The quantitative estimate of drug-likeness (QED) is 0.638. The minimum atomic E-state index is 0.522. The number of rotatable bonds is 9. The summed E-state index contributed by atoms with van der Waals surface area (Å²) in [6.45, 7) is 14.0. The second-order valence-corrected chi connectivity index (χ2v) is 4.88. The maximum absolute atomic E-state index is 5.71. The topological polar surface area (TPSA) is 21.3 Å². The zero-order valence-corrected chi connectivity index (χ0v) is 11.2. The van der Waals surface area contributed by atoms with Gasteiger partial charge in [0, 0.05) is 12.6 Å². The molecule has 2 nitrogen and oxygen atoms in total. The van der Waals surface area contributed by atoms with Gasteiger partial charge in [-0.25, -0.2) is 0 Å². The molecule has 0 heterocycles. The Kier molecular flexibility index (Phi) is 9.12. The van der Waals surface area contributed by atoms with Crippen LogP contribution in [0.15, 0.2) is 0 Å². The van der Waals surface area contributed by atoms with Crippen molar-refractivity contribution in [2.45, 2.75) is 53.5 Å². The highest BCUT2D eigenvalue weighted by Gasteiger charge is 2.14. The second-order valence-electron chi connectivity index (χ2n) is 4.88. The van der Waals surface area contributed by atoms with Crippen LogP contribution in [0, 0.1) is 11.8 Å². The van der Waals surface area contributed by atoms with Crippen LogP contribution in [0.2, 0.25) is 0 Å². The smallest absolute Gasteiger partial charge is 0.0622 e. The van der Waals surface area contributed by atoms with Crippen molar-refractivity contribution in [2.75, 3.05) is 19.8 Å². The summed E-state index contributed by atoms with van der Waals surface area (Å²) in [4.78, 5) is 0. The van der Waals surface area contributed by atoms with Gasteiger partial charge in [-0.05, 0) is 24.8 Å². The van der Waals surface area contributed by atoms with Crippen LogP contribution in [0.1, 0.15) is 47.5 Å². The summed E-state index contributed by atoms with van der Waals surface area (Å²) in [7, 11) is 0. The summed E-state index contributed by atoms with van der Waals surface area (Å²) < 4.78 is 5.71. The van der Waals surface area contributed by atoms with E-state index < -0.39 is 0 Å². The highest BCUT2D eigenvalue weighted by Crippen LogP contribution is 2.08. The van der Waals surface area contributed by atoms with Crippen molar-refractivity contribution < 1.29 is 4.74 Å². The van der Waals surface area contributed by atoms with Gasteiger partial charge in [-0.15, -0.1) is 0 Å². The molecule has 0 saturated carbocycles. The van der Waals surface area contributed by atoms with Crippen LogP contribution in [-0.2, 0) is 4.74 Å². The minimum Gasteiger partial charge on any atom is -0.380 e. The Morgan fingerprint density at radius 1 is 1.07 bits per heavy atom. The molecule has 0 saturated heterocycles. The molecule has 0 aliphatic carbocycles. The molecular weight excluding hydrogens is 186 g/mol. The number of ether oxygens (including phenoxy) is 1. The number of hydrogen-bond acceptors (Lipinski definition) is 2. The first-order valence-corrected chi connectivity index (χ1v) is 6.42. The molecule has 0 aliphatic heterocycles. The highest BCUT2D eigenvalue weighted by atomic mass is 16.5. The molecular formula is C13H29NO. The summed E-state index contributed by atoms with van der Waals surface area (Å²) in [6.07, 6.45) is 2.41. The Labute approximate surface area is 95.8 Å². The van der Waals surface area contributed by atoms with Gasteiger partial charge in [-0.2, -0.15) is 0 Å². The first kappa shape index (κ1) is 14.9. The average molecular weight is 215 g/mol. The average Bonchev–Trinajstić information content (AvgIpc) is 2.21. The molecule has 0 aliphatic rings. The highest BCUT2D eigenvalue weighted by molar-refractivity contribution is 4.71. The molecule has 0 aromatic carbocycles. The van der Waals surface area contributed by atoms with Gasteiger partial charge in [0.25, 0.3) is 0 Å². The molecule has 0 aromatic heterocycles. The van der Waals surface area contributed by atoms with Crippen LogP contribution < -0.4 is 5.32 Å². The van der Waals surface area contributed by atoms with Crippen LogP contribution in [0.3, 0.4) is 0 Å². The van der Waals surface area contributed by atoms with E-state index in [4.69, 9.17) is 4.74 Å². The standard InChI is InChI=1S/C13H29NO/c1-6-8-14-13(12(5)7-2)10-15-9-11(3)4/h11-14H,6-10H2,1-5H3. The Morgan fingerprint density at radius 2 is 1.73 bits per heavy atom. The molecule has 15 heavy (non-hydrogen) atoms. The third-order valence-electron chi connectivity index (χ3n) is 2.74. The Morgan fingerprint density at radius 3 is 2.20 bits per heavy atom. The summed E-state index contributed by atoms with van der Waals surface area (Å²) >= 11 is 0. The van der Waals surface area contributed by atoms with Crippen LogP contribution in [0.25, 0.3) is 0 Å². The lowest BCUT2D eigenvalue weighted by atomic mass is 10.00. The molecule has 2 heteroatoms. The third-order valence-corrected chi connectivity index (χ3v) is 2.74. The molecule has 92 valence electrons. The van der Waals surface area contributed by atoms with E-state index in [1.807, 2.05) is 0 Å². The van der Waals surface area contributed by atoms with Crippen molar-refractivity contribution in [3.8, 4) is 0 Å². The SMILES string of the molecule is CCCNC(COCC(C)C)C(C)CC. The normalized spacial score (nSPS) is 15.6. The fraction of sp³-hybridized carbons (Fsp3) is 1.00. The Balaban J connectivity index is 3.79. The fourth-order valence-electron chi connectivity index (χ4n) is 1.47. The number of nitrogens with one attached hydrogen (secondary N) is 1. The Hall–Kier alpha value is -0.0800. The summed E-state index contributed by atoms with van der Waals surface area (Å²) in [6, 6.07) is 0.522. The van der Waals surface area contributed by atoms with Crippen molar-refractivity contribution in [2.24, 2.45) is 11.8 Å². The molecule has 0 aromatic rings. The van der Waals surface area contributed by atoms with Gasteiger partial charge >= 0.3 is 0 Å². The van der Waals surface area contributed by atoms with E-state index in [9.17, 15) is 0 Å². The zero-order chi connectivity index (χ0) is 11.7. The summed E-state index contributed by atoms with van der Waals surface area (Å²) in [5.41, 5.74) is 0. The van der Waals surface area contributed by atoms with Gasteiger partial charge in [0.2, 0.25) is 0 Å². The molecule has 2 unspecified atom stereocenters. The van der Waals surface area contributed by atoms with Crippen LogP contribution in [-0.4, -0.2) is 25.8 Å². The largest absolute Gasteiger partial charge is 0.380 e. The molecule has 1 N–H and O–H groups in total. The van der Waals surface area contributed by atoms with Gasteiger partial charge in [0.15, 0.2) is 0 Å². The maximum atomic E-state index is 5.71. The van der Waals surface area contributed by atoms with Crippen molar-refractivity contribution in [1.82, 2.24) is 5.32 Å². The Bertz CT molecular complexity index is 136. The lowest BCUT2D eigenvalue weighted by Crippen LogP contribution is -2.39. The van der Waals surface area contributed by atoms with Gasteiger partial charge < -0.3 is 10.1 Å². The lowest BCUT2D eigenvalue weighted by molar-refractivity contribution is 0.0764. The van der Waals surface area contributed by atoms with Crippen molar-refractivity contribution >= 4 is 0 Å². The van der Waals surface area contributed by atoms with Crippen molar-refractivity contribution in [1.29, 1.82) is 0 Å². The molecule has 0 bridgehead atoms. The number of hydrogen-bond donors (Lipinski definition) is 1. The maximum Gasteiger partial charge on any atom is 0.0622 e. The monoisotopic (exact) mass is 215 g/mol. The zero-order valence-electron chi connectivity index (χ0n) is 11.2. The van der Waals surface area contributed by atoms with E-state index in [1.54, 1.807) is 0 Å². The van der Waals surface area contributed by atoms with Crippen LogP contribution in [0.4, 0.5) is 0 Å². The van der Waals surface area contributed by atoms with Gasteiger partial charge in [0.05, 0.1) is 6.61 Å². The predicted octanol–water partition coefficient (Wildman–Crippen LogP) is 3.07. The molecule has 0 amide bonds. The lowest BCUT2D eigenvalue weighted by Gasteiger charge is -2.24. The van der Waals surface area contributed by atoms with E-state index in [0.29, 0.717) is 17.9 Å². The third kappa shape index (κ3) is 7.80. The molecule has 0 fully saturated rings. The van der Waals surface area contributed by atoms with E-state index in [0.717, 1.165) is 19.8 Å². The first-order valence-electron chi connectivity index (χ1n) is 6.42. The van der Waals surface area contributed by atoms with Gasteiger partial charge in [-0.3, -0.25) is 0 Å². The molecule has 0 rings (SSSR count). The van der Waals surface area contributed by atoms with Crippen molar-refractivity contribution in [3.05, 3.63) is 0 Å². The van der Waals surface area contributed by atoms with E-state index >= 15 is 0 Å². The van der Waals surface area contributed by atoms with E-state index in [2.05, 4.69) is 39.9 Å². The van der Waals surface area contributed by atoms with Gasteiger partial charge in [-0.1, -0.05) is 41.0 Å². The van der Waals surface area contributed by atoms with Crippen LogP contribution >= 0.6 is 0 Å². The fourth-order valence-corrected chi connectivity index (χ4v) is 1.47.